The Kier molecular flexibility index (Phi) is 7.17. The van der Waals surface area contributed by atoms with Gasteiger partial charge in [0.05, 0.1) is 12.0 Å². The highest BCUT2D eigenvalue weighted by atomic mass is 32.2. The number of piperazine rings is 1. The van der Waals surface area contributed by atoms with Gasteiger partial charge in [-0.2, -0.15) is 4.31 Å². The third-order valence-electron chi connectivity index (χ3n) is 5.58. The summed E-state index contributed by atoms with van der Waals surface area (Å²) in [7, 11) is -1.98. The summed E-state index contributed by atoms with van der Waals surface area (Å²) in [5.74, 6) is 1.80. The minimum atomic E-state index is -3.53. The molecule has 1 fully saturated rings. The van der Waals surface area contributed by atoms with Crippen molar-refractivity contribution in [1.29, 1.82) is 0 Å². The van der Waals surface area contributed by atoms with Crippen molar-refractivity contribution in [2.45, 2.75) is 4.90 Å². The second kappa shape index (κ2) is 10.2. The summed E-state index contributed by atoms with van der Waals surface area (Å²) >= 11 is 0. The number of hydrogen-bond acceptors (Lipinski definition) is 7. The zero-order valence-corrected chi connectivity index (χ0v) is 19.2. The molecule has 2 aliphatic rings. The zero-order valence-electron chi connectivity index (χ0n) is 18.4. The molecule has 9 nitrogen and oxygen atoms in total. The monoisotopic (exact) mass is 473 g/mol. The van der Waals surface area contributed by atoms with E-state index in [4.69, 9.17) is 14.2 Å². The number of hydrogen-bond donors (Lipinski definition) is 1. The molecule has 10 heteroatoms. The molecule has 0 bridgehead atoms. The summed E-state index contributed by atoms with van der Waals surface area (Å²) in [6.45, 7) is 3.38. The Bertz CT molecular complexity index is 1110. The van der Waals surface area contributed by atoms with E-state index in [9.17, 15) is 13.2 Å². The number of benzene rings is 2. The van der Waals surface area contributed by atoms with Gasteiger partial charge in [-0.1, -0.05) is 6.07 Å². The van der Waals surface area contributed by atoms with Crippen molar-refractivity contribution >= 4 is 22.0 Å². The van der Waals surface area contributed by atoms with Gasteiger partial charge in [0.15, 0.2) is 11.5 Å². The lowest BCUT2D eigenvalue weighted by Gasteiger charge is -2.33. The number of carbonyl (C=O) groups excluding carboxylic acids is 1. The van der Waals surface area contributed by atoms with Crippen LogP contribution in [0.5, 0.6) is 17.2 Å². The van der Waals surface area contributed by atoms with E-state index in [0.29, 0.717) is 56.5 Å². The highest BCUT2D eigenvalue weighted by Gasteiger charge is 2.28. The van der Waals surface area contributed by atoms with Gasteiger partial charge in [-0.15, -0.1) is 0 Å². The van der Waals surface area contributed by atoms with Gasteiger partial charge in [0.1, 0.15) is 5.75 Å². The van der Waals surface area contributed by atoms with E-state index in [1.165, 1.54) is 10.4 Å². The van der Waals surface area contributed by atoms with Crippen LogP contribution >= 0.6 is 0 Å². The Morgan fingerprint density at radius 1 is 1.06 bits per heavy atom. The topological polar surface area (TPSA) is 97.4 Å². The van der Waals surface area contributed by atoms with Gasteiger partial charge in [0.2, 0.25) is 22.7 Å². The maximum Gasteiger partial charge on any atom is 0.244 e. The summed E-state index contributed by atoms with van der Waals surface area (Å²) in [5, 5.41) is 2.86. The van der Waals surface area contributed by atoms with Crippen molar-refractivity contribution in [1.82, 2.24) is 14.5 Å². The molecule has 1 amide bonds. The largest absolute Gasteiger partial charge is 0.497 e. The van der Waals surface area contributed by atoms with Crippen LogP contribution in [0.4, 0.5) is 0 Å². The number of nitrogens with zero attached hydrogens (tertiary/aromatic N) is 2. The maximum absolute atomic E-state index is 12.8. The first-order chi connectivity index (χ1) is 16.0. The molecule has 1 saturated heterocycles. The van der Waals surface area contributed by atoms with Crippen molar-refractivity contribution in [3.63, 3.8) is 0 Å². The number of fused-ring (bicyclic) bond motifs is 1. The minimum Gasteiger partial charge on any atom is -0.497 e. The lowest BCUT2D eigenvalue weighted by Crippen LogP contribution is -2.50. The number of rotatable bonds is 8. The van der Waals surface area contributed by atoms with Gasteiger partial charge in [0.25, 0.3) is 0 Å². The molecule has 4 rings (SSSR count). The SMILES string of the molecule is COc1ccc(S(=O)(=O)N2CCN(CCNC(=O)/C=C\c3ccc4c(c3)OCO4)CC2)cc1. The van der Waals surface area contributed by atoms with Gasteiger partial charge >= 0.3 is 0 Å². The van der Waals surface area contributed by atoms with Crippen LogP contribution in [0.15, 0.2) is 53.4 Å². The quantitative estimate of drug-likeness (QED) is 0.581. The summed E-state index contributed by atoms with van der Waals surface area (Å²) in [6, 6.07) is 11.9. The number of sulfonamides is 1. The van der Waals surface area contributed by atoms with Crippen molar-refractivity contribution in [3.05, 3.63) is 54.1 Å². The van der Waals surface area contributed by atoms with Crippen molar-refractivity contribution < 1.29 is 27.4 Å². The Hall–Kier alpha value is -3.08. The van der Waals surface area contributed by atoms with Crippen molar-refractivity contribution in [2.75, 3.05) is 53.2 Å². The van der Waals surface area contributed by atoms with E-state index >= 15 is 0 Å². The molecule has 0 aliphatic carbocycles. The molecular weight excluding hydrogens is 446 g/mol. The van der Waals surface area contributed by atoms with Crippen LogP contribution in [0.1, 0.15) is 5.56 Å². The third kappa shape index (κ3) is 5.65. The van der Waals surface area contributed by atoms with Crippen LogP contribution in [0, 0.1) is 0 Å². The predicted octanol–water partition coefficient (Wildman–Crippen LogP) is 1.56. The number of nitrogens with one attached hydrogen (secondary N) is 1. The summed E-state index contributed by atoms with van der Waals surface area (Å²) in [5.41, 5.74) is 0.851. The van der Waals surface area contributed by atoms with Crippen LogP contribution in [0.2, 0.25) is 0 Å². The second-order valence-corrected chi connectivity index (χ2v) is 9.60. The summed E-state index contributed by atoms with van der Waals surface area (Å²) in [6.07, 6.45) is 3.21. The van der Waals surface area contributed by atoms with Crippen molar-refractivity contribution in [2.24, 2.45) is 0 Å². The molecule has 1 N–H and O–H groups in total. The van der Waals surface area contributed by atoms with Crippen LogP contribution < -0.4 is 19.5 Å². The molecular formula is C23H27N3O6S. The molecule has 0 radical (unpaired) electrons. The average Bonchev–Trinajstić information content (AvgIpc) is 3.31. The molecule has 2 aliphatic heterocycles. The van der Waals surface area contributed by atoms with E-state index in [0.717, 1.165) is 5.56 Å². The smallest absolute Gasteiger partial charge is 0.244 e. The first-order valence-electron chi connectivity index (χ1n) is 10.7. The van der Waals surface area contributed by atoms with Crippen LogP contribution in [-0.2, 0) is 14.8 Å². The molecule has 2 heterocycles. The summed E-state index contributed by atoms with van der Waals surface area (Å²) < 4.78 is 42.9. The molecule has 33 heavy (non-hydrogen) atoms. The first kappa shape index (κ1) is 23.1. The van der Waals surface area contributed by atoms with E-state index < -0.39 is 10.0 Å². The third-order valence-corrected chi connectivity index (χ3v) is 7.49. The fourth-order valence-corrected chi connectivity index (χ4v) is 5.10. The molecule has 0 saturated carbocycles. The van der Waals surface area contributed by atoms with Crippen LogP contribution in [0.3, 0.4) is 0 Å². The summed E-state index contributed by atoms with van der Waals surface area (Å²) in [4.78, 5) is 14.5. The molecule has 176 valence electrons. The average molecular weight is 474 g/mol. The molecule has 2 aromatic carbocycles. The molecule has 0 unspecified atom stereocenters. The number of carbonyl (C=O) groups is 1. The lowest BCUT2D eigenvalue weighted by molar-refractivity contribution is -0.116. The normalized spacial score (nSPS) is 16.8. The minimum absolute atomic E-state index is 0.187. The fourth-order valence-electron chi connectivity index (χ4n) is 3.68. The van der Waals surface area contributed by atoms with Crippen LogP contribution in [0.25, 0.3) is 6.08 Å². The lowest BCUT2D eigenvalue weighted by atomic mass is 10.2. The Labute approximate surface area is 193 Å². The second-order valence-electron chi connectivity index (χ2n) is 7.66. The van der Waals surface area contributed by atoms with E-state index in [-0.39, 0.29) is 17.6 Å². The Balaban J connectivity index is 1.20. The number of amides is 1. The maximum atomic E-state index is 12.8. The fraction of sp³-hybridized carbons (Fsp3) is 0.348. The molecule has 2 aromatic rings. The van der Waals surface area contributed by atoms with Gasteiger partial charge in [-0.05, 0) is 48.0 Å². The first-order valence-corrected chi connectivity index (χ1v) is 12.1. The van der Waals surface area contributed by atoms with E-state index in [2.05, 4.69) is 10.2 Å². The molecule has 0 aromatic heterocycles. The number of ether oxygens (including phenoxy) is 3. The molecule has 0 spiro atoms. The van der Waals surface area contributed by atoms with Crippen molar-refractivity contribution in [3.8, 4) is 17.2 Å². The molecule has 0 atom stereocenters. The van der Waals surface area contributed by atoms with E-state index in [1.807, 2.05) is 18.2 Å². The number of methoxy groups -OCH3 is 1. The zero-order chi connectivity index (χ0) is 23.3. The van der Waals surface area contributed by atoms with Crippen LogP contribution in [-0.4, -0.2) is 76.7 Å². The van der Waals surface area contributed by atoms with Gasteiger partial charge in [0, 0.05) is 45.3 Å². The van der Waals surface area contributed by atoms with Gasteiger partial charge in [-0.25, -0.2) is 8.42 Å². The predicted molar refractivity (Wildman–Crippen MR) is 123 cm³/mol. The Morgan fingerprint density at radius 2 is 1.79 bits per heavy atom. The highest BCUT2D eigenvalue weighted by Crippen LogP contribution is 2.32. The Morgan fingerprint density at radius 3 is 2.52 bits per heavy atom. The van der Waals surface area contributed by atoms with Gasteiger partial charge < -0.3 is 19.5 Å². The van der Waals surface area contributed by atoms with E-state index in [1.54, 1.807) is 37.5 Å². The standard InChI is InChI=1S/C23H27N3O6S/c1-30-19-4-6-20(7-5-19)33(28,29)26-14-12-25(13-15-26)11-10-24-23(27)9-3-18-2-8-21-22(16-18)32-17-31-21/h2-9,16H,10-15,17H2,1H3,(H,24,27)/b9-3-. The van der Waals surface area contributed by atoms with Gasteiger partial charge in [-0.3, -0.25) is 9.69 Å². The highest BCUT2D eigenvalue weighted by molar-refractivity contribution is 7.89.